The molecule has 0 heterocycles. The van der Waals surface area contributed by atoms with Gasteiger partial charge in [0.1, 0.15) is 5.82 Å². The van der Waals surface area contributed by atoms with Crippen LogP contribution < -0.4 is 10.6 Å². The molecule has 6 heteroatoms. The highest BCUT2D eigenvalue weighted by Crippen LogP contribution is 2.07. The van der Waals surface area contributed by atoms with Gasteiger partial charge in [0.25, 0.3) is 0 Å². The first-order chi connectivity index (χ1) is 10.2. The molecule has 1 aromatic carbocycles. The van der Waals surface area contributed by atoms with Crippen molar-refractivity contribution in [3.05, 3.63) is 35.6 Å². The van der Waals surface area contributed by atoms with E-state index >= 15 is 0 Å². The van der Waals surface area contributed by atoms with Crippen LogP contribution in [-0.2, 0) is 6.54 Å². The van der Waals surface area contributed by atoms with Gasteiger partial charge in [-0.15, -0.1) is 24.0 Å². The molecular weight excluding hydrogens is 394 g/mol. The smallest absolute Gasteiger partial charge is 0.191 e. The molecule has 0 fully saturated rings. The van der Waals surface area contributed by atoms with Crippen molar-refractivity contribution in [1.29, 1.82) is 0 Å². The summed E-state index contributed by atoms with van der Waals surface area (Å²) in [6.07, 6.45) is 0. The second-order valence-corrected chi connectivity index (χ2v) is 4.74. The lowest BCUT2D eigenvalue weighted by Gasteiger charge is -2.19. The summed E-state index contributed by atoms with van der Waals surface area (Å²) in [7, 11) is 0. The molecule has 1 aromatic rings. The van der Waals surface area contributed by atoms with E-state index in [0.717, 1.165) is 38.7 Å². The van der Waals surface area contributed by atoms with Crippen LogP contribution in [-0.4, -0.2) is 43.6 Å². The maximum Gasteiger partial charge on any atom is 0.191 e. The van der Waals surface area contributed by atoms with Gasteiger partial charge in [0, 0.05) is 25.2 Å². The van der Waals surface area contributed by atoms with Gasteiger partial charge in [0.2, 0.25) is 0 Å². The summed E-state index contributed by atoms with van der Waals surface area (Å²) in [5.74, 6) is 0.521. The molecular formula is C16H28FIN4. The van der Waals surface area contributed by atoms with Crippen molar-refractivity contribution < 1.29 is 4.39 Å². The number of guanidine groups is 1. The lowest BCUT2D eigenvalue weighted by atomic mass is 10.2. The van der Waals surface area contributed by atoms with E-state index in [-0.39, 0.29) is 29.8 Å². The number of hydrogen-bond acceptors (Lipinski definition) is 2. The molecule has 126 valence electrons. The van der Waals surface area contributed by atoms with E-state index in [1.807, 2.05) is 13.0 Å². The second-order valence-electron chi connectivity index (χ2n) is 4.74. The number of benzene rings is 1. The van der Waals surface area contributed by atoms with Crippen molar-refractivity contribution in [1.82, 2.24) is 15.5 Å². The van der Waals surface area contributed by atoms with Gasteiger partial charge in [-0.3, -0.25) is 0 Å². The molecule has 0 amide bonds. The molecule has 0 aliphatic rings. The third-order valence-corrected chi connectivity index (χ3v) is 3.32. The van der Waals surface area contributed by atoms with Gasteiger partial charge in [0.15, 0.2) is 5.96 Å². The number of hydrogen-bond donors (Lipinski definition) is 2. The fourth-order valence-electron chi connectivity index (χ4n) is 2.00. The fraction of sp³-hybridized carbons (Fsp3) is 0.562. The molecule has 0 aromatic heterocycles. The second kappa shape index (κ2) is 12.6. The highest BCUT2D eigenvalue weighted by molar-refractivity contribution is 14.0. The van der Waals surface area contributed by atoms with Crippen LogP contribution in [0.2, 0.25) is 0 Å². The molecule has 0 aliphatic carbocycles. The van der Waals surface area contributed by atoms with Crippen LogP contribution in [0.5, 0.6) is 0 Å². The van der Waals surface area contributed by atoms with Crippen LogP contribution in [0.25, 0.3) is 0 Å². The molecule has 1 rings (SSSR count). The van der Waals surface area contributed by atoms with E-state index in [9.17, 15) is 4.39 Å². The number of aliphatic imine (C=N–C) groups is 1. The van der Waals surface area contributed by atoms with E-state index < -0.39 is 0 Å². The van der Waals surface area contributed by atoms with Gasteiger partial charge < -0.3 is 15.5 Å². The minimum Gasteiger partial charge on any atom is -0.357 e. The fourth-order valence-corrected chi connectivity index (χ4v) is 2.00. The summed E-state index contributed by atoms with van der Waals surface area (Å²) in [6.45, 7) is 11.3. The molecule has 0 aliphatic heterocycles. The van der Waals surface area contributed by atoms with Crippen LogP contribution in [0.4, 0.5) is 4.39 Å². The Morgan fingerprint density at radius 3 is 2.41 bits per heavy atom. The topological polar surface area (TPSA) is 39.7 Å². The van der Waals surface area contributed by atoms with Crippen molar-refractivity contribution in [3.63, 3.8) is 0 Å². The standard InChI is InChI=1S/C16H27FN4.HI/c1-4-18-16(19-11-12-21(5-2)6-3)20-13-14-9-7-8-10-15(14)17;/h7-10H,4-6,11-13H2,1-3H3,(H2,18,19,20);1H. The molecule has 2 N–H and O–H groups in total. The Kier molecular flexibility index (Phi) is 12.1. The van der Waals surface area contributed by atoms with Crippen molar-refractivity contribution in [3.8, 4) is 0 Å². The van der Waals surface area contributed by atoms with Crippen LogP contribution in [0.1, 0.15) is 26.3 Å². The number of rotatable bonds is 8. The van der Waals surface area contributed by atoms with Crippen molar-refractivity contribution in [2.24, 2.45) is 4.99 Å². The Labute approximate surface area is 150 Å². The third-order valence-electron chi connectivity index (χ3n) is 3.32. The first-order valence-corrected chi connectivity index (χ1v) is 7.69. The average Bonchev–Trinajstić information content (AvgIpc) is 2.50. The van der Waals surface area contributed by atoms with E-state index in [4.69, 9.17) is 0 Å². The van der Waals surface area contributed by atoms with Gasteiger partial charge in [-0.05, 0) is 26.1 Å². The van der Waals surface area contributed by atoms with Crippen LogP contribution in [0, 0.1) is 5.82 Å². The molecule has 0 spiro atoms. The summed E-state index contributed by atoms with van der Waals surface area (Å²) in [5, 5.41) is 6.46. The van der Waals surface area contributed by atoms with Crippen LogP contribution in [0.3, 0.4) is 0 Å². The monoisotopic (exact) mass is 422 g/mol. The molecule has 4 nitrogen and oxygen atoms in total. The van der Waals surface area contributed by atoms with Crippen LogP contribution >= 0.6 is 24.0 Å². The predicted octanol–water partition coefficient (Wildman–Crippen LogP) is 2.84. The van der Waals surface area contributed by atoms with Crippen LogP contribution in [0.15, 0.2) is 29.3 Å². The molecule has 22 heavy (non-hydrogen) atoms. The minimum atomic E-state index is -0.208. The van der Waals surface area contributed by atoms with Gasteiger partial charge in [-0.2, -0.15) is 0 Å². The van der Waals surface area contributed by atoms with E-state index in [1.54, 1.807) is 12.1 Å². The van der Waals surface area contributed by atoms with Crippen molar-refractivity contribution in [2.75, 3.05) is 32.7 Å². The molecule has 0 atom stereocenters. The molecule has 0 saturated heterocycles. The summed E-state index contributed by atoms with van der Waals surface area (Å²) in [4.78, 5) is 6.77. The zero-order valence-electron chi connectivity index (χ0n) is 13.7. The number of halogens is 2. The number of nitrogens with one attached hydrogen (secondary N) is 2. The summed E-state index contributed by atoms with van der Waals surface area (Å²) < 4.78 is 13.6. The van der Waals surface area contributed by atoms with E-state index in [0.29, 0.717) is 12.1 Å². The Hall–Kier alpha value is -0.890. The minimum absolute atomic E-state index is 0. The largest absolute Gasteiger partial charge is 0.357 e. The van der Waals surface area contributed by atoms with Crippen molar-refractivity contribution >= 4 is 29.9 Å². The first-order valence-electron chi connectivity index (χ1n) is 7.69. The summed E-state index contributed by atoms with van der Waals surface area (Å²) in [5.41, 5.74) is 0.610. The third kappa shape index (κ3) is 7.93. The summed E-state index contributed by atoms with van der Waals surface area (Å²) >= 11 is 0. The lowest BCUT2D eigenvalue weighted by molar-refractivity contribution is 0.308. The average molecular weight is 422 g/mol. The zero-order chi connectivity index (χ0) is 15.5. The van der Waals surface area contributed by atoms with Gasteiger partial charge >= 0.3 is 0 Å². The highest BCUT2D eigenvalue weighted by Gasteiger charge is 2.02. The molecule has 0 saturated carbocycles. The summed E-state index contributed by atoms with van der Waals surface area (Å²) in [6, 6.07) is 6.74. The maximum absolute atomic E-state index is 13.6. The van der Waals surface area contributed by atoms with Gasteiger partial charge in [-0.25, -0.2) is 9.38 Å². The Morgan fingerprint density at radius 1 is 1.14 bits per heavy atom. The SMILES string of the molecule is CCNC(=NCc1ccccc1F)NCCN(CC)CC.I. The zero-order valence-corrected chi connectivity index (χ0v) is 16.1. The van der Waals surface area contributed by atoms with Gasteiger partial charge in [0.05, 0.1) is 6.54 Å². The number of likely N-dealkylation sites (N-methyl/N-ethyl adjacent to an activating group) is 1. The Morgan fingerprint density at radius 2 is 1.82 bits per heavy atom. The molecule has 0 radical (unpaired) electrons. The quantitative estimate of drug-likeness (QED) is 0.385. The maximum atomic E-state index is 13.6. The van der Waals surface area contributed by atoms with E-state index in [2.05, 4.69) is 34.4 Å². The molecule has 0 bridgehead atoms. The van der Waals surface area contributed by atoms with Gasteiger partial charge in [-0.1, -0.05) is 32.0 Å². The Balaban J connectivity index is 0.00000441. The van der Waals surface area contributed by atoms with E-state index in [1.165, 1.54) is 6.07 Å². The van der Waals surface area contributed by atoms with Crippen molar-refractivity contribution in [2.45, 2.75) is 27.3 Å². The Bertz CT molecular complexity index is 436. The normalized spacial score (nSPS) is 11.2. The lowest BCUT2D eigenvalue weighted by Crippen LogP contribution is -2.41. The number of nitrogens with zero attached hydrogens (tertiary/aromatic N) is 2. The predicted molar refractivity (Wildman–Crippen MR) is 102 cm³/mol. The first kappa shape index (κ1) is 21.1. The molecule has 0 unspecified atom stereocenters. The highest BCUT2D eigenvalue weighted by atomic mass is 127.